The van der Waals surface area contributed by atoms with Crippen LogP contribution in [0.1, 0.15) is 0 Å². The molecule has 0 radical (unpaired) electrons. The van der Waals surface area contributed by atoms with Crippen molar-refractivity contribution in [3.05, 3.63) is 44.0 Å². The van der Waals surface area contributed by atoms with E-state index in [9.17, 15) is 14.5 Å². The summed E-state index contributed by atoms with van der Waals surface area (Å²) in [6.07, 6.45) is 1.08. The normalized spacial score (nSPS) is 10.3. The van der Waals surface area contributed by atoms with Gasteiger partial charge in [0.1, 0.15) is 12.1 Å². The van der Waals surface area contributed by atoms with E-state index in [-0.39, 0.29) is 27.0 Å². The first-order valence-electron chi connectivity index (χ1n) is 5.29. The van der Waals surface area contributed by atoms with E-state index in [4.69, 9.17) is 21.1 Å². The molecule has 0 unspecified atom stereocenters. The first-order valence-corrected chi connectivity index (χ1v) is 6.47. The van der Waals surface area contributed by atoms with Gasteiger partial charge >= 0.3 is 5.69 Å². The fourth-order valence-electron chi connectivity index (χ4n) is 1.43. The van der Waals surface area contributed by atoms with Gasteiger partial charge in [-0.25, -0.2) is 9.37 Å². The monoisotopic (exact) mass is 377 g/mol. The minimum absolute atomic E-state index is 0.0169. The zero-order valence-corrected chi connectivity index (χ0v) is 12.7. The number of nitro groups is 1. The Morgan fingerprint density at radius 2 is 2.14 bits per heavy atom. The average Bonchev–Trinajstić information content (AvgIpc) is 2.42. The third-order valence-electron chi connectivity index (χ3n) is 2.34. The fourth-order valence-corrected chi connectivity index (χ4v) is 1.96. The molecule has 0 spiro atoms. The zero-order chi connectivity index (χ0) is 15.6. The molecule has 0 aliphatic carbocycles. The Morgan fingerprint density at radius 1 is 1.43 bits per heavy atom. The molecule has 0 saturated carbocycles. The molecular weight excluding hydrogens is 372 g/mol. The molecule has 7 nitrogen and oxygen atoms in total. The predicted molar refractivity (Wildman–Crippen MR) is 74.4 cm³/mol. The van der Waals surface area contributed by atoms with Gasteiger partial charge in [-0.05, 0) is 15.9 Å². The van der Waals surface area contributed by atoms with Crippen LogP contribution >= 0.6 is 27.5 Å². The van der Waals surface area contributed by atoms with Crippen molar-refractivity contribution >= 4 is 33.2 Å². The number of methoxy groups -OCH3 is 1. The van der Waals surface area contributed by atoms with Crippen LogP contribution in [-0.4, -0.2) is 22.0 Å². The van der Waals surface area contributed by atoms with Crippen molar-refractivity contribution in [1.82, 2.24) is 9.97 Å². The van der Waals surface area contributed by atoms with Crippen LogP contribution in [0.2, 0.25) is 5.15 Å². The van der Waals surface area contributed by atoms with Gasteiger partial charge in [0.15, 0.2) is 5.15 Å². The summed E-state index contributed by atoms with van der Waals surface area (Å²) in [5, 5.41) is 10.9. The number of hydrogen-bond donors (Lipinski definition) is 0. The van der Waals surface area contributed by atoms with E-state index in [2.05, 4.69) is 25.9 Å². The number of hydrogen-bond acceptors (Lipinski definition) is 6. The lowest BCUT2D eigenvalue weighted by atomic mass is 10.3. The molecule has 0 fully saturated rings. The van der Waals surface area contributed by atoms with Crippen molar-refractivity contribution in [2.75, 3.05) is 7.11 Å². The minimum Gasteiger partial charge on any atom is -0.489 e. The van der Waals surface area contributed by atoms with Crippen LogP contribution in [0.5, 0.6) is 17.4 Å². The van der Waals surface area contributed by atoms with Crippen molar-refractivity contribution < 1.29 is 18.8 Å². The Labute approximate surface area is 131 Å². The van der Waals surface area contributed by atoms with Gasteiger partial charge < -0.3 is 9.47 Å². The topological polar surface area (TPSA) is 87.4 Å². The van der Waals surface area contributed by atoms with Crippen LogP contribution in [0.15, 0.2) is 22.9 Å². The largest absolute Gasteiger partial charge is 0.489 e. The van der Waals surface area contributed by atoms with E-state index in [1.807, 2.05) is 0 Å². The Kier molecular flexibility index (Phi) is 4.53. The van der Waals surface area contributed by atoms with Crippen LogP contribution < -0.4 is 9.47 Å². The molecule has 0 N–H and O–H groups in total. The summed E-state index contributed by atoms with van der Waals surface area (Å²) in [6.45, 7) is 0. The Morgan fingerprint density at radius 3 is 2.76 bits per heavy atom. The molecule has 1 aromatic heterocycles. The third kappa shape index (κ3) is 3.19. The molecule has 2 aromatic rings. The highest BCUT2D eigenvalue weighted by atomic mass is 79.9. The number of nitro benzene ring substituents is 1. The quantitative estimate of drug-likeness (QED) is 0.457. The summed E-state index contributed by atoms with van der Waals surface area (Å²) in [5.41, 5.74) is -0.444. The van der Waals surface area contributed by atoms with Crippen molar-refractivity contribution in [3.63, 3.8) is 0 Å². The van der Waals surface area contributed by atoms with E-state index in [1.54, 1.807) is 0 Å². The Balaban J connectivity index is 2.51. The first kappa shape index (κ1) is 15.4. The van der Waals surface area contributed by atoms with E-state index >= 15 is 0 Å². The molecule has 0 bridgehead atoms. The van der Waals surface area contributed by atoms with Gasteiger partial charge in [0, 0.05) is 12.1 Å². The molecular formula is C11H6BrClFN3O4. The van der Waals surface area contributed by atoms with Crippen molar-refractivity contribution in [3.8, 4) is 17.4 Å². The summed E-state index contributed by atoms with van der Waals surface area (Å²) in [5.74, 6) is -1.25. The Bertz CT molecular complexity index is 716. The van der Waals surface area contributed by atoms with E-state index in [1.165, 1.54) is 7.11 Å². The number of ether oxygens (including phenoxy) is 2. The van der Waals surface area contributed by atoms with E-state index < -0.39 is 16.4 Å². The maximum absolute atomic E-state index is 13.5. The molecule has 110 valence electrons. The van der Waals surface area contributed by atoms with Crippen LogP contribution in [0, 0.1) is 15.9 Å². The molecule has 0 aliphatic heterocycles. The summed E-state index contributed by atoms with van der Waals surface area (Å²) in [4.78, 5) is 17.7. The second-order valence-corrected chi connectivity index (χ2v) is 4.81. The number of nitrogens with zero attached hydrogens (tertiary/aromatic N) is 3. The highest BCUT2D eigenvalue weighted by molar-refractivity contribution is 9.10. The minimum atomic E-state index is -0.727. The van der Waals surface area contributed by atoms with Crippen LogP contribution in [0.25, 0.3) is 0 Å². The van der Waals surface area contributed by atoms with Gasteiger partial charge in [-0.1, -0.05) is 11.6 Å². The first-order chi connectivity index (χ1) is 9.93. The molecule has 1 heterocycles. The van der Waals surface area contributed by atoms with Crippen LogP contribution in [-0.2, 0) is 0 Å². The number of aromatic nitrogens is 2. The SMILES string of the molecule is COc1c(Cl)ncnc1Oc1cc(F)c(Br)cc1[N+](=O)[O-]. The fraction of sp³-hybridized carbons (Fsp3) is 0.0909. The number of rotatable bonds is 4. The highest BCUT2D eigenvalue weighted by Crippen LogP contribution is 2.39. The standard InChI is InChI=1S/C11H6BrClFN3O4/c1-20-9-10(13)15-4-16-11(9)21-8-3-6(14)5(12)2-7(8)17(18)19/h2-4H,1H3. The average molecular weight is 379 g/mol. The number of halogens is 3. The molecule has 2 rings (SSSR count). The predicted octanol–water partition coefficient (Wildman–Crippen LogP) is 3.74. The smallest absolute Gasteiger partial charge is 0.312 e. The van der Waals surface area contributed by atoms with Gasteiger partial charge in [-0.2, -0.15) is 4.98 Å². The Hall–Kier alpha value is -2.00. The van der Waals surface area contributed by atoms with Gasteiger partial charge in [-0.3, -0.25) is 10.1 Å². The van der Waals surface area contributed by atoms with Crippen molar-refractivity contribution in [1.29, 1.82) is 0 Å². The van der Waals surface area contributed by atoms with Gasteiger partial charge in [0.25, 0.3) is 5.88 Å². The zero-order valence-electron chi connectivity index (χ0n) is 10.3. The molecule has 0 aliphatic rings. The maximum atomic E-state index is 13.5. The van der Waals surface area contributed by atoms with Gasteiger partial charge in [0.2, 0.25) is 11.5 Å². The van der Waals surface area contributed by atoms with Crippen LogP contribution in [0.4, 0.5) is 10.1 Å². The molecule has 0 atom stereocenters. The van der Waals surface area contributed by atoms with E-state index in [0.29, 0.717) is 0 Å². The van der Waals surface area contributed by atoms with E-state index in [0.717, 1.165) is 18.5 Å². The summed E-state index contributed by atoms with van der Waals surface area (Å²) < 4.78 is 23.7. The molecule has 0 saturated heterocycles. The lowest BCUT2D eigenvalue weighted by Crippen LogP contribution is -1.99. The van der Waals surface area contributed by atoms with Crippen molar-refractivity contribution in [2.24, 2.45) is 0 Å². The molecule has 1 aromatic carbocycles. The van der Waals surface area contributed by atoms with Crippen molar-refractivity contribution in [2.45, 2.75) is 0 Å². The molecule has 0 amide bonds. The number of benzene rings is 1. The summed E-state index contributed by atoms with van der Waals surface area (Å²) >= 11 is 8.65. The lowest BCUT2D eigenvalue weighted by Gasteiger charge is -2.10. The second-order valence-electron chi connectivity index (χ2n) is 3.60. The maximum Gasteiger partial charge on any atom is 0.312 e. The molecule has 10 heteroatoms. The molecule has 21 heavy (non-hydrogen) atoms. The van der Waals surface area contributed by atoms with Crippen LogP contribution in [0.3, 0.4) is 0 Å². The third-order valence-corrected chi connectivity index (χ3v) is 3.21. The highest BCUT2D eigenvalue weighted by Gasteiger charge is 2.22. The second kappa shape index (κ2) is 6.19. The summed E-state index contributed by atoms with van der Waals surface area (Å²) in [7, 11) is 1.30. The van der Waals surface area contributed by atoms with Gasteiger partial charge in [-0.15, -0.1) is 0 Å². The van der Waals surface area contributed by atoms with Gasteiger partial charge in [0.05, 0.1) is 16.5 Å². The lowest BCUT2D eigenvalue weighted by molar-refractivity contribution is -0.385. The summed E-state index contributed by atoms with van der Waals surface area (Å²) in [6, 6.07) is 1.84.